The van der Waals surface area contributed by atoms with E-state index in [1.54, 1.807) is 7.05 Å². The SMILES string of the molecule is Cn1c(=O)c2c(-c3ccc(Br)cc3)n(-c3cccc(Br)c3)cc2n(C)c1=O. The van der Waals surface area contributed by atoms with Crippen LogP contribution in [0.4, 0.5) is 0 Å². The smallest absolute Gasteiger partial charge is 0.314 e. The predicted octanol–water partition coefficient (Wildman–Crippen LogP) is 4.22. The number of halogens is 2. The van der Waals surface area contributed by atoms with Gasteiger partial charge in [0.1, 0.15) is 0 Å². The fraction of sp³-hybridized carbons (Fsp3) is 0.100. The molecule has 0 radical (unpaired) electrons. The standard InChI is InChI=1S/C20H15Br2N3O2/c1-23-16-11-25(15-5-3-4-14(22)10-15)18(12-6-8-13(21)9-7-12)17(16)19(26)24(2)20(23)27/h3-11H,1-2H3. The average molecular weight is 489 g/mol. The van der Waals surface area contributed by atoms with E-state index in [1.165, 1.54) is 11.6 Å². The van der Waals surface area contributed by atoms with E-state index in [1.807, 2.05) is 59.3 Å². The Labute approximate surface area is 171 Å². The third-order valence-corrected chi connectivity index (χ3v) is 5.66. The Balaban J connectivity index is 2.21. The second-order valence-electron chi connectivity index (χ2n) is 6.30. The Hall–Kier alpha value is -2.38. The van der Waals surface area contributed by atoms with Gasteiger partial charge in [0.2, 0.25) is 0 Å². The maximum absolute atomic E-state index is 13.0. The number of rotatable bonds is 2. The van der Waals surface area contributed by atoms with Crippen LogP contribution in [0, 0.1) is 0 Å². The van der Waals surface area contributed by atoms with E-state index in [0.29, 0.717) is 10.9 Å². The molecule has 2 aromatic heterocycles. The van der Waals surface area contributed by atoms with E-state index in [2.05, 4.69) is 31.9 Å². The Morgan fingerprint density at radius 1 is 0.852 bits per heavy atom. The summed E-state index contributed by atoms with van der Waals surface area (Å²) in [7, 11) is 3.19. The molecule has 27 heavy (non-hydrogen) atoms. The lowest BCUT2D eigenvalue weighted by Crippen LogP contribution is -2.36. The van der Waals surface area contributed by atoms with E-state index in [9.17, 15) is 9.59 Å². The highest BCUT2D eigenvalue weighted by Crippen LogP contribution is 2.32. The highest BCUT2D eigenvalue weighted by atomic mass is 79.9. The number of fused-ring (bicyclic) bond motifs is 1. The van der Waals surface area contributed by atoms with Crippen molar-refractivity contribution in [3.8, 4) is 16.9 Å². The topological polar surface area (TPSA) is 48.9 Å². The summed E-state index contributed by atoms with van der Waals surface area (Å²) in [6.07, 6.45) is 1.84. The molecule has 0 aliphatic rings. The maximum atomic E-state index is 13.0. The molecule has 0 N–H and O–H groups in total. The zero-order valence-corrected chi connectivity index (χ0v) is 17.8. The molecule has 4 aromatic rings. The van der Waals surface area contributed by atoms with Gasteiger partial charge in [0.05, 0.1) is 16.6 Å². The lowest BCUT2D eigenvalue weighted by atomic mass is 10.1. The third-order valence-electron chi connectivity index (χ3n) is 4.64. The first-order chi connectivity index (χ1) is 12.9. The Bertz CT molecular complexity index is 1300. The van der Waals surface area contributed by atoms with Gasteiger partial charge in [-0.15, -0.1) is 0 Å². The summed E-state index contributed by atoms with van der Waals surface area (Å²) in [5.41, 5.74) is 2.49. The molecule has 0 bridgehead atoms. The van der Waals surface area contributed by atoms with Crippen molar-refractivity contribution in [3.63, 3.8) is 0 Å². The van der Waals surface area contributed by atoms with Crippen molar-refractivity contribution in [1.29, 1.82) is 0 Å². The van der Waals surface area contributed by atoms with Gasteiger partial charge >= 0.3 is 5.69 Å². The molecular weight excluding hydrogens is 474 g/mol. The monoisotopic (exact) mass is 487 g/mol. The molecule has 0 fully saturated rings. The van der Waals surface area contributed by atoms with Gasteiger partial charge in [-0.2, -0.15) is 0 Å². The average Bonchev–Trinajstić information content (AvgIpc) is 3.06. The first kappa shape index (κ1) is 18.0. The minimum absolute atomic E-state index is 0.306. The molecule has 0 saturated carbocycles. The lowest BCUT2D eigenvalue weighted by molar-refractivity contribution is 0.714. The number of aromatic nitrogens is 3. The minimum atomic E-state index is -0.346. The molecule has 0 amide bonds. The zero-order chi connectivity index (χ0) is 19.3. The van der Waals surface area contributed by atoms with Crippen LogP contribution in [0.25, 0.3) is 27.8 Å². The summed E-state index contributed by atoms with van der Waals surface area (Å²) in [4.78, 5) is 25.4. The van der Waals surface area contributed by atoms with Crippen LogP contribution in [0.1, 0.15) is 0 Å². The highest BCUT2D eigenvalue weighted by Gasteiger charge is 2.20. The molecule has 0 aliphatic carbocycles. The van der Waals surface area contributed by atoms with E-state index in [4.69, 9.17) is 0 Å². The summed E-state index contributed by atoms with van der Waals surface area (Å²) in [5, 5.41) is 0.516. The fourth-order valence-corrected chi connectivity index (χ4v) is 3.91. The van der Waals surface area contributed by atoms with Gasteiger partial charge in [-0.3, -0.25) is 13.9 Å². The van der Waals surface area contributed by atoms with Gasteiger partial charge in [-0.1, -0.05) is 50.1 Å². The summed E-state index contributed by atoms with van der Waals surface area (Å²) >= 11 is 6.96. The normalized spacial score (nSPS) is 11.3. The number of hydrogen-bond donors (Lipinski definition) is 0. The van der Waals surface area contributed by atoms with Crippen molar-refractivity contribution >= 4 is 42.8 Å². The molecule has 0 atom stereocenters. The van der Waals surface area contributed by atoms with Crippen LogP contribution in [0.15, 0.2) is 73.3 Å². The largest absolute Gasteiger partial charge is 0.330 e. The van der Waals surface area contributed by atoms with Crippen molar-refractivity contribution in [1.82, 2.24) is 13.7 Å². The van der Waals surface area contributed by atoms with E-state index < -0.39 is 0 Å². The molecular formula is C20H15Br2N3O2. The highest BCUT2D eigenvalue weighted by molar-refractivity contribution is 9.10. The van der Waals surface area contributed by atoms with Crippen LogP contribution in [0.2, 0.25) is 0 Å². The number of benzene rings is 2. The first-order valence-electron chi connectivity index (χ1n) is 8.21. The molecule has 0 spiro atoms. The molecule has 5 nitrogen and oxygen atoms in total. The summed E-state index contributed by atoms with van der Waals surface area (Å²) in [6.45, 7) is 0. The number of hydrogen-bond acceptors (Lipinski definition) is 2. The maximum Gasteiger partial charge on any atom is 0.330 e. The van der Waals surface area contributed by atoms with Gasteiger partial charge in [0.15, 0.2) is 0 Å². The molecule has 136 valence electrons. The second kappa shape index (κ2) is 6.65. The second-order valence-corrected chi connectivity index (χ2v) is 8.13. The van der Waals surface area contributed by atoms with Crippen LogP contribution >= 0.6 is 31.9 Å². The van der Waals surface area contributed by atoms with E-state index >= 15 is 0 Å². The van der Waals surface area contributed by atoms with Crippen molar-refractivity contribution in [3.05, 3.63) is 84.5 Å². The lowest BCUT2D eigenvalue weighted by Gasteiger charge is -2.11. The van der Waals surface area contributed by atoms with Gasteiger partial charge in [-0.25, -0.2) is 4.79 Å². The Morgan fingerprint density at radius 3 is 2.22 bits per heavy atom. The van der Waals surface area contributed by atoms with Crippen LogP contribution < -0.4 is 11.2 Å². The van der Waals surface area contributed by atoms with Crippen molar-refractivity contribution in [2.75, 3.05) is 0 Å². The van der Waals surface area contributed by atoms with E-state index in [0.717, 1.165) is 30.5 Å². The fourth-order valence-electron chi connectivity index (χ4n) is 3.26. The predicted molar refractivity (Wildman–Crippen MR) is 115 cm³/mol. The van der Waals surface area contributed by atoms with Crippen molar-refractivity contribution in [2.24, 2.45) is 14.1 Å². The molecule has 2 aromatic carbocycles. The van der Waals surface area contributed by atoms with Gasteiger partial charge < -0.3 is 4.57 Å². The van der Waals surface area contributed by atoms with Crippen molar-refractivity contribution < 1.29 is 0 Å². The summed E-state index contributed by atoms with van der Waals surface area (Å²) in [5.74, 6) is 0. The molecule has 2 heterocycles. The third kappa shape index (κ3) is 2.91. The van der Waals surface area contributed by atoms with Gasteiger partial charge in [-0.05, 0) is 35.9 Å². The van der Waals surface area contributed by atoms with Crippen LogP contribution in [0.5, 0.6) is 0 Å². The molecule has 4 rings (SSSR count). The first-order valence-corrected chi connectivity index (χ1v) is 9.80. The minimum Gasteiger partial charge on any atom is -0.314 e. The van der Waals surface area contributed by atoms with Crippen LogP contribution in [-0.2, 0) is 14.1 Å². The quantitative estimate of drug-likeness (QED) is 0.424. The van der Waals surface area contributed by atoms with Gasteiger partial charge in [0.25, 0.3) is 5.56 Å². The van der Waals surface area contributed by atoms with E-state index in [-0.39, 0.29) is 11.2 Å². The van der Waals surface area contributed by atoms with Crippen LogP contribution in [0.3, 0.4) is 0 Å². The Morgan fingerprint density at radius 2 is 1.56 bits per heavy atom. The number of nitrogens with zero attached hydrogens (tertiary/aromatic N) is 3. The zero-order valence-electron chi connectivity index (χ0n) is 14.6. The Kier molecular flexibility index (Phi) is 4.44. The number of aryl methyl sites for hydroxylation is 1. The molecule has 7 heteroatoms. The molecule has 0 saturated heterocycles. The van der Waals surface area contributed by atoms with Gasteiger partial charge in [0, 0.05) is 34.9 Å². The molecule has 0 aliphatic heterocycles. The summed E-state index contributed by atoms with van der Waals surface area (Å²) in [6, 6.07) is 15.6. The van der Waals surface area contributed by atoms with Crippen LogP contribution in [-0.4, -0.2) is 13.7 Å². The summed E-state index contributed by atoms with van der Waals surface area (Å²) < 4.78 is 6.50. The molecule has 0 unspecified atom stereocenters. The van der Waals surface area contributed by atoms with Crippen molar-refractivity contribution in [2.45, 2.75) is 0 Å².